The average molecular weight is 363 g/mol. The van der Waals surface area contributed by atoms with E-state index in [9.17, 15) is 13.2 Å². The molecule has 3 heterocycles. The summed E-state index contributed by atoms with van der Waals surface area (Å²) < 4.78 is 38.5. The summed E-state index contributed by atoms with van der Waals surface area (Å²) in [6, 6.07) is 5.89. The third kappa shape index (κ3) is 4.14. The molecule has 3 aromatic rings. The van der Waals surface area contributed by atoms with Crippen LogP contribution in [-0.4, -0.2) is 45.6 Å². The van der Waals surface area contributed by atoms with Crippen molar-refractivity contribution in [2.24, 2.45) is 0 Å². The number of rotatable bonds is 5. The van der Waals surface area contributed by atoms with Crippen molar-refractivity contribution in [3.05, 3.63) is 42.5 Å². The molecule has 0 unspecified atom stereocenters. The topological polar surface area (TPSA) is 78.9 Å². The first-order valence-electron chi connectivity index (χ1n) is 7.63. The molecular formula is C16H16F3N7. The maximum Gasteiger partial charge on any atom is 0.433 e. The van der Waals surface area contributed by atoms with E-state index in [1.807, 2.05) is 19.0 Å². The molecule has 0 aliphatic rings. The Kier molecular flexibility index (Phi) is 4.85. The first-order chi connectivity index (χ1) is 12.3. The van der Waals surface area contributed by atoms with Crippen LogP contribution in [0.1, 0.15) is 5.69 Å². The Hall–Kier alpha value is -3.01. The fraction of sp³-hybridized carbons (Fsp3) is 0.250. The Morgan fingerprint density at radius 3 is 2.62 bits per heavy atom. The Balaban J connectivity index is 1.93. The Morgan fingerprint density at radius 2 is 1.88 bits per heavy atom. The van der Waals surface area contributed by atoms with Crippen molar-refractivity contribution in [2.75, 3.05) is 31.4 Å². The Bertz CT molecular complexity index is 912. The predicted molar refractivity (Wildman–Crippen MR) is 92.0 cm³/mol. The van der Waals surface area contributed by atoms with E-state index in [0.29, 0.717) is 29.3 Å². The molecule has 0 fully saturated rings. The molecule has 7 nitrogen and oxygen atoms in total. The van der Waals surface area contributed by atoms with Crippen LogP contribution in [0.5, 0.6) is 0 Å². The van der Waals surface area contributed by atoms with Gasteiger partial charge < -0.3 is 10.6 Å². The lowest BCUT2D eigenvalue weighted by atomic mass is 10.3. The summed E-state index contributed by atoms with van der Waals surface area (Å²) >= 11 is 0. The Labute approximate surface area is 147 Å². The van der Waals surface area contributed by atoms with Gasteiger partial charge in [-0.1, -0.05) is 0 Å². The van der Waals surface area contributed by atoms with E-state index in [1.165, 1.54) is 12.4 Å². The second-order valence-electron chi connectivity index (χ2n) is 5.75. The zero-order valence-corrected chi connectivity index (χ0v) is 14.0. The minimum Gasteiger partial charge on any atom is -0.357 e. The number of aromatic nitrogens is 4. The maximum atomic E-state index is 12.8. The van der Waals surface area contributed by atoms with Gasteiger partial charge in [0.1, 0.15) is 23.4 Å². The normalized spacial score (nSPS) is 11.8. The van der Waals surface area contributed by atoms with Crippen molar-refractivity contribution in [2.45, 2.75) is 6.18 Å². The van der Waals surface area contributed by atoms with Gasteiger partial charge in [-0.2, -0.15) is 13.2 Å². The van der Waals surface area contributed by atoms with Crippen molar-refractivity contribution in [1.29, 1.82) is 0 Å². The van der Waals surface area contributed by atoms with Gasteiger partial charge in [-0.15, -0.1) is 0 Å². The van der Waals surface area contributed by atoms with Crippen LogP contribution in [-0.2, 0) is 6.18 Å². The molecule has 3 rings (SSSR count). The van der Waals surface area contributed by atoms with Gasteiger partial charge in [0.25, 0.3) is 0 Å². The van der Waals surface area contributed by atoms with Gasteiger partial charge in [-0.25, -0.2) is 15.0 Å². The number of nitrogens with one attached hydrogen (secondary N) is 2. The van der Waals surface area contributed by atoms with Crippen molar-refractivity contribution >= 4 is 28.4 Å². The quantitative estimate of drug-likeness (QED) is 0.674. The van der Waals surface area contributed by atoms with E-state index < -0.39 is 11.9 Å². The molecule has 0 bridgehead atoms. The predicted octanol–water partition coefficient (Wildman–Crippen LogP) is 3.11. The lowest BCUT2D eigenvalue weighted by molar-refractivity contribution is -0.141. The minimum absolute atomic E-state index is 0.209. The summed E-state index contributed by atoms with van der Waals surface area (Å²) in [7, 11) is 3.82. The highest BCUT2D eigenvalue weighted by Gasteiger charge is 2.32. The molecule has 2 N–H and O–H groups in total. The molecule has 26 heavy (non-hydrogen) atoms. The molecule has 10 heteroatoms. The summed E-state index contributed by atoms with van der Waals surface area (Å²) in [6.07, 6.45) is -2.11. The number of nitrogens with zero attached hydrogens (tertiary/aromatic N) is 5. The molecule has 0 atom stereocenters. The monoisotopic (exact) mass is 363 g/mol. The van der Waals surface area contributed by atoms with Gasteiger partial charge in [0.05, 0.1) is 12.2 Å². The number of hydrogen-bond donors (Lipinski definition) is 2. The molecule has 0 radical (unpaired) electrons. The third-order valence-electron chi connectivity index (χ3n) is 3.37. The van der Waals surface area contributed by atoms with Gasteiger partial charge in [0.15, 0.2) is 5.82 Å². The van der Waals surface area contributed by atoms with E-state index in [2.05, 4.69) is 30.6 Å². The van der Waals surface area contributed by atoms with Crippen LogP contribution in [0.4, 0.5) is 30.5 Å². The zero-order valence-electron chi connectivity index (χ0n) is 14.0. The van der Waals surface area contributed by atoms with Crippen molar-refractivity contribution < 1.29 is 13.2 Å². The van der Waals surface area contributed by atoms with Gasteiger partial charge in [0, 0.05) is 11.9 Å². The van der Waals surface area contributed by atoms with Crippen LogP contribution in [0.2, 0.25) is 0 Å². The molecule has 0 amide bonds. The minimum atomic E-state index is -4.52. The molecule has 0 saturated carbocycles. The summed E-state index contributed by atoms with van der Waals surface area (Å²) in [5, 5.41) is 5.99. The summed E-state index contributed by atoms with van der Waals surface area (Å²) in [4.78, 5) is 18.0. The highest BCUT2D eigenvalue weighted by atomic mass is 19.4. The maximum absolute atomic E-state index is 12.8. The van der Waals surface area contributed by atoms with Gasteiger partial charge in [0.2, 0.25) is 0 Å². The number of hydrogen-bond acceptors (Lipinski definition) is 7. The van der Waals surface area contributed by atoms with Crippen molar-refractivity contribution in [3.63, 3.8) is 0 Å². The second kappa shape index (κ2) is 7.08. The largest absolute Gasteiger partial charge is 0.433 e. The molecule has 0 aliphatic carbocycles. The fourth-order valence-electron chi connectivity index (χ4n) is 2.17. The smallest absolute Gasteiger partial charge is 0.357 e. The Morgan fingerprint density at radius 1 is 1.08 bits per heavy atom. The average Bonchev–Trinajstić information content (AvgIpc) is 2.60. The summed E-state index contributed by atoms with van der Waals surface area (Å²) in [5.74, 6) is 0.914. The van der Waals surface area contributed by atoms with E-state index in [4.69, 9.17) is 0 Å². The highest BCUT2D eigenvalue weighted by Crippen LogP contribution is 2.30. The first kappa shape index (κ1) is 17.8. The second-order valence-corrected chi connectivity index (χ2v) is 5.75. The summed E-state index contributed by atoms with van der Waals surface area (Å²) in [6.45, 7) is 0.578. The lowest BCUT2D eigenvalue weighted by Crippen LogP contribution is -2.20. The van der Waals surface area contributed by atoms with Crippen LogP contribution in [0.25, 0.3) is 11.0 Å². The van der Waals surface area contributed by atoms with Gasteiger partial charge in [-0.05, 0) is 38.4 Å². The number of fused-ring (bicyclic) bond motifs is 1. The molecule has 0 aliphatic heterocycles. The third-order valence-corrected chi connectivity index (χ3v) is 3.37. The van der Waals surface area contributed by atoms with Crippen LogP contribution in [0, 0.1) is 0 Å². The number of halogens is 3. The van der Waals surface area contributed by atoms with Crippen LogP contribution in [0.15, 0.2) is 36.8 Å². The molecule has 0 saturated heterocycles. The van der Waals surface area contributed by atoms with E-state index in [0.717, 1.165) is 12.3 Å². The zero-order chi connectivity index (χ0) is 18.7. The number of pyridine rings is 2. The van der Waals surface area contributed by atoms with Crippen LogP contribution in [0.3, 0.4) is 0 Å². The standard InChI is InChI=1S/C16H16F3N7/c1-26(2)9-23-13-4-3-11-14(25-13)15(22-8-21-11)24-10-5-6-20-12(7-10)16(17,18)19/h3-8H,9H2,1-2H3,(H,23,25)(H,20,21,22,24). The van der Waals surface area contributed by atoms with E-state index in [1.54, 1.807) is 12.1 Å². The first-order valence-corrected chi connectivity index (χ1v) is 7.63. The van der Waals surface area contributed by atoms with Crippen molar-refractivity contribution in [3.8, 4) is 0 Å². The van der Waals surface area contributed by atoms with E-state index in [-0.39, 0.29) is 5.69 Å². The molecule has 0 spiro atoms. The van der Waals surface area contributed by atoms with E-state index >= 15 is 0 Å². The van der Waals surface area contributed by atoms with Gasteiger partial charge >= 0.3 is 6.18 Å². The summed E-state index contributed by atoms with van der Waals surface area (Å²) in [5.41, 5.74) is 0.243. The molecule has 3 aromatic heterocycles. The van der Waals surface area contributed by atoms with Crippen molar-refractivity contribution in [1.82, 2.24) is 24.8 Å². The number of alkyl halides is 3. The SMILES string of the molecule is CN(C)CNc1ccc2ncnc(Nc3ccnc(C(F)(F)F)c3)c2n1. The lowest BCUT2D eigenvalue weighted by Gasteiger charge is -2.13. The van der Waals surface area contributed by atoms with Gasteiger partial charge in [-0.3, -0.25) is 9.88 Å². The molecule has 136 valence electrons. The number of anilines is 3. The fourth-order valence-corrected chi connectivity index (χ4v) is 2.17. The molecule has 0 aromatic carbocycles. The molecular weight excluding hydrogens is 347 g/mol. The van der Waals surface area contributed by atoms with Crippen LogP contribution >= 0.6 is 0 Å². The highest BCUT2D eigenvalue weighted by molar-refractivity contribution is 5.88. The van der Waals surface area contributed by atoms with Crippen LogP contribution < -0.4 is 10.6 Å².